The molecule has 0 amide bonds. The summed E-state index contributed by atoms with van der Waals surface area (Å²) in [5, 5.41) is 0.863. The Morgan fingerprint density at radius 2 is 1.96 bits per heavy atom. The summed E-state index contributed by atoms with van der Waals surface area (Å²) in [6.45, 7) is 1.85. The normalized spacial score (nSPS) is 11.6. The fourth-order valence-corrected chi connectivity index (χ4v) is 4.74. The number of nitrogens with zero attached hydrogens (tertiary/aromatic N) is 3. The van der Waals surface area contributed by atoms with Gasteiger partial charge in [-0.1, -0.05) is 0 Å². The molecule has 0 aliphatic heterocycles. The predicted octanol–water partition coefficient (Wildman–Crippen LogP) is 2.62. The molecule has 0 N–H and O–H groups in total. The van der Waals surface area contributed by atoms with E-state index in [2.05, 4.69) is 9.97 Å². The lowest BCUT2D eigenvalue weighted by atomic mass is 10.3. The molecule has 6 nitrogen and oxygen atoms in total. The van der Waals surface area contributed by atoms with Crippen molar-refractivity contribution in [2.45, 2.75) is 17.8 Å². The van der Waals surface area contributed by atoms with Crippen LogP contribution >= 0.6 is 11.3 Å². The van der Waals surface area contributed by atoms with Crippen LogP contribution in [0.2, 0.25) is 0 Å². The highest BCUT2D eigenvalue weighted by Crippen LogP contribution is 2.23. The largest absolute Gasteiger partial charge is 0.497 e. The number of benzene rings is 1. The van der Waals surface area contributed by atoms with Crippen molar-refractivity contribution in [2.75, 3.05) is 7.11 Å². The van der Waals surface area contributed by atoms with Crippen molar-refractivity contribution in [1.82, 2.24) is 14.5 Å². The Kier molecular flexibility index (Phi) is 4.18. The third kappa shape index (κ3) is 3.27. The number of rotatable bonds is 5. The predicted molar refractivity (Wildman–Crippen MR) is 87.9 cm³/mol. The van der Waals surface area contributed by atoms with Gasteiger partial charge < -0.3 is 4.74 Å². The lowest BCUT2D eigenvalue weighted by Crippen LogP contribution is -2.11. The summed E-state index contributed by atoms with van der Waals surface area (Å²) in [6, 6.07) is 7.13. The molecule has 0 bridgehead atoms. The van der Waals surface area contributed by atoms with Gasteiger partial charge in [-0.2, -0.15) is 0 Å². The number of hydrogen-bond acceptors (Lipinski definition) is 6. The first-order valence-corrected chi connectivity index (χ1v) is 9.28. The molecule has 0 spiro atoms. The summed E-state index contributed by atoms with van der Waals surface area (Å²) >= 11 is 1.37. The summed E-state index contributed by atoms with van der Waals surface area (Å²) in [6.07, 6.45) is 4.71. The van der Waals surface area contributed by atoms with Gasteiger partial charge in [0.25, 0.3) is 0 Å². The quantitative estimate of drug-likeness (QED) is 0.708. The minimum atomic E-state index is -3.56. The number of sulfone groups is 1. The van der Waals surface area contributed by atoms with Crippen molar-refractivity contribution < 1.29 is 13.2 Å². The lowest BCUT2D eigenvalue weighted by Gasteiger charge is -2.09. The first-order chi connectivity index (χ1) is 11.0. The molecule has 0 fully saturated rings. The lowest BCUT2D eigenvalue weighted by molar-refractivity contribution is 0.414. The number of aryl methyl sites for hydroxylation is 1. The molecule has 0 unspecified atom stereocenters. The highest BCUT2D eigenvalue weighted by Gasteiger charge is 2.23. The van der Waals surface area contributed by atoms with Crippen LogP contribution < -0.4 is 4.74 Å². The highest BCUT2D eigenvalue weighted by molar-refractivity contribution is 7.90. The van der Waals surface area contributed by atoms with Gasteiger partial charge in [-0.3, -0.25) is 4.57 Å². The van der Waals surface area contributed by atoms with E-state index in [1.54, 1.807) is 48.3 Å². The van der Waals surface area contributed by atoms with E-state index in [0.717, 1.165) is 5.01 Å². The van der Waals surface area contributed by atoms with Crippen molar-refractivity contribution in [3.05, 3.63) is 52.7 Å². The molecule has 0 saturated carbocycles. The topological polar surface area (TPSA) is 74.1 Å². The summed E-state index contributed by atoms with van der Waals surface area (Å²) in [5.74, 6) is 0.601. The average Bonchev–Trinajstić information content (AvgIpc) is 3.16. The molecule has 0 atom stereocenters. The van der Waals surface area contributed by atoms with Crippen LogP contribution in [0.5, 0.6) is 5.75 Å². The molecular formula is C15H15N3O3S2. The Labute approximate surface area is 138 Å². The van der Waals surface area contributed by atoms with E-state index < -0.39 is 9.84 Å². The Balaban J connectivity index is 1.95. The van der Waals surface area contributed by atoms with Gasteiger partial charge in [0.1, 0.15) is 5.75 Å². The highest BCUT2D eigenvalue weighted by atomic mass is 32.2. The van der Waals surface area contributed by atoms with E-state index >= 15 is 0 Å². The average molecular weight is 349 g/mol. The summed E-state index contributed by atoms with van der Waals surface area (Å²) in [4.78, 5) is 8.83. The third-order valence-electron chi connectivity index (χ3n) is 3.24. The standard InChI is InChI=1S/C15H15N3O3S2/c1-11-17-9-14(22-11)10-23(19,20)15-16-7-8-18(15)12-3-5-13(21-2)6-4-12/h3-9H,10H2,1-2H3. The molecule has 0 aliphatic carbocycles. The van der Waals surface area contributed by atoms with Crippen molar-refractivity contribution in [3.8, 4) is 11.4 Å². The van der Waals surface area contributed by atoms with Crippen LogP contribution in [-0.2, 0) is 15.6 Å². The number of aromatic nitrogens is 3. The van der Waals surface area contributed by atoms with Crippen molar-refractivity contribution in [2.24, 2.45) is 0 Å². The van der Waals surface area contributed by atoms with Crippen LogP contribution in [0.1, 0.15) is 9.88 Å². The van der Waals surface area contributed by atoms with Gasteiger partial charge in [-0.25, -0.2) is 18.4 Å². The summed E-state index contributed by atoms with van der Waals surface area (Å²) < 4.78 is 32.0. The van der Waals surface area contributed by atoms with Crippen LogP contribution in [0.3, 0.4) is 0 Å². The Morgan fingerprint density at radius 3 is 2.57 bits per heavy atom. The van der Waals surface area contributed by atoms with Crippen molar-refractivity contribution >= 4 is 21.2 Å². The maximum absolute atomic E-state index is 12.7. The molecule has 0 radical (unpaired) electrons. The Bertz CT molecular complexity index is 912. The molecule has 120 valence electrons. The number of imidazole rings is 1. The number of thiazole rings is 1. The van der Waals surface area contributed by atoms with E-state index in [-0.39, 0.29) is 10.9 Å². The van der Waals surface area contributed by atoms with Gasteiger partial charge >= 0.3 is 0 Å². The number of methoxy groups -OCH3 is 1. The summed E-state index contributed by atoms with van der Waals surface area (Å²) in [7, 11) is -1.98. The van der Waals surface area contributed by atoms with Gasteiger partial charge in [0.2, 0.25) is 15.0 Å². The Morgan fingerprint density at radius 1 is 1.22 bits per heavy atom. The SMILES string of the molecule is COc1ccc(-n2ccnc2S(=O)(=O)Cc2cnc(C)s2)cc1. The summed E-state index contributed by atoms with van der Waals surface area (Å²) in [5.41, 5.74) is 0.711. The molecule has 8 heteroatoms. The van der Waals surface area contributed by atoms with Gasteiger partial charge in [-0.15, -0.1) is 11.3 Å². The molecular weight excluding hydrogens is 334 g/mol. The van der Waals surface area contributed by atoms with E-state index in [1.807, 2.05) is 6.92 Å². The molecule has 23 heavy (non-hydrogen) atoms. The van der Waals surface area contributed by atoms with Gasteiger partial charge in [-0.05, 0) is 31.2 Å². The molecule has 0 saturated heterocycles. The van der Waals surface area contributed by atoms with Crippen LogP contribution in [0.25, 0.3) is 5.69 Å². The molecule has 2 aromatic heterocycles. The smallest absolute Gasteiger partial charge is 0.232 e. The third-order valence-corrected chi connectivity index (χ3v) is 5.88. The van der Waals surface area contributed by atoms with E-state index in [1.165, 1.54) is 17.5 Å². The van der Waals surface area contributed by atoms with Crippen molar-refractivity contribution in [1.29, 1.82) is 0 Å². The fourth-order valence-electron chi connectivity index (χ4n) is 2.18. The van der Waals surface area contributed by atoms with E-state index in [4.69, 9.17) is 4.74 Å². The van der Waals surface area contributed by atoms with Crippen LogP contribution in [0.4, 0.5) is 0 Å². The van der Waals surface area contributed by atoms with Crippen LogP contribution in [-0.4, -0.2) is 30.1 Å². The molecule has 2 heterocycles. The number of ether oxygens (including phenoxy) is 1. The van der Waals surface area contributed by atoms with Crippen molar-refractivity contribution in [3.63, 3.8) is 0 Å². The maximum atomic E-state index is 12.7. The second-order valence-corrected chi connectivity index (χ2v) is 8.09. The molecule has 3 aromatic rings. The first-order valence-electron chi connectivity index (χ1n) is 6.81. The fraction of sp³-hybridized carbons (Fsp3) is 0.200. The molecule has 0 aliphatic rings. The molecule has 1 aromatic carbocycles. The van der Waals surface area contributed by atoms with E-state index in [0.29, 0.717) is 16.3 Å². The minimum absolute atomic E-state index is 0.0220. The number of hydrogen-bond donors (Lipinski definition) is 0. The zero-order valence-corrected chi connectivity index (χ0v) is 14.3. The van der Waals surface area contributed by atoms with Gasteiger partial charge in [0.05, 0.1) is 17.9 Å². The second kappa shape index (κ2) is 6.13. The zero-order chi connectivity index (χ0) is 16.4. The van der Waals surface area contributed by atoms with Gasteiger partial charge in [0.15, 0.2) is 0 Å². The monoisotopic (exact) mass is 349 g/mol. The minimum Gasteiger partial charge on any atom is -0.497 e. The van der Waals surface area contributed by atoms with Crippen LogP contribution in [0, 0.1) is 6.92 Å². The Hall–Kier alpha value is -2.19. The van der Waals surface area contributed by atoms with Gasteiger partial charge in [0, 0.05) is 29.2 Å². The second-order valence-electron chi connectivity index (χ2n) is 4.88. The van der Waals surface area contributed by atoms with Crippen LogP contribution in [0.15, 0.2) is 48.0 Å². The molecule has 3 rings (SSSR count). The van der Waals surface area contributed by atoms with E-state index in [9.17, 15) is 8.42 Å². The first kappa shape index (κ1) is 15.7. The zero-order valence-electron chi connectivity index (χ0n) is 12.6. The maximum Gasteiger partial charge on any atom is 0.232 e.